The summed E-state index contributed by atoms with van der Waals surface area (Å²) >= 11 is 0. The van der Waals surface area contributed by atoms with Gasteiger partial charge in [-0.05, 0) is 36.8 Å². The summed E-state index contributed by atoms with van der Waals surface area (Å²) in [5.41, 5.74) is 4.67. The number of hydrogen-bond donors (Lipinski definition) is 0. The van der Waals surface area contributed by atoms with Crippen LogP contribution in [-0.4, -0.2) is 10.2 Å². The summed E-state index contributed by atoms with van der Waals surface area (Å²) in [4.78, 5) is 13.1. The van der Waals surface area contributed by atoms with E-state index in [9.17, 15) is 10.1 Å². The van der Waals surface area contributed by atoms with Gasteiger partial charge in [-0.2, -0.15) is 5.26 Å². The first-order chi connectivity index (χ1) is 11.7. The zero-order valence-corrected chi connectivity index (χ0v) is 13.2. The molecule has 2 aromatic carbocycles. The molecule has 0 atom stereocenters. The number of nitrogens with zero attached hydrogens (tertiary/aromatic N) is 2. The number of fused-ring (bicyclic) bond motifs is 3. The Labute approximate surface area is 139 Å². The molecule has 114 valence electrons. The minimum atomic E-state index is -0.0726. The lowest BCUT2D eigenvalue weighted by molar-refractivity contribution is 0.104. The second-order valence-corrected chi connectivity index (χ2v) is 5.91. The van der Waals surface area contributed by atoms with E-state index in [1.165, 1.54) is 0 Å². The molecule has 0 aliphatic carbocycles. The van der Waals surface area contributed by atoms with Crippen molar-refractivity contribution in [1.29, 1.82) is 5.26 Å². The molecule has 0 fully saturated rings. The summed E-state index contributed by atoms with van der Waals surface area (Å²) in [7, 11) is 0. The van der Waals surface area contributed by atoms with Crippen LogP contribution in [0.2, 0.25) is 0 Å². The monoisotopic (exact) mass is 310 g/mol. The quantitative estimate of drug-likeness (QED) is 0.512. The molecule has 0 aliphatic rings. The third kappa shape index (κ3) is 2.17. The van der Waals surface area contributed by atoms with Gasteiger partial charge < -0.3 is 4.40 Å². The molecule has 0 spiro atoms. The smallest absolute Gasteiger partial charge is 0.195 e. The molecule has 0 saturated heterocycles. The van der Waals surface area contributed by atoms with Crippen molar-refractivity contribution in [2.75, 3.05) is 0 Å². The van der Waals surface area contributed by atoms with E-state index in [1.807, 2.05) is 53.9 Å². The molecule has 0 N–H and O–H groups in total. The lowest BCUT2D eigenvalue weighted by Crippen LogP contribution is -2.05. The summed E-state index contributed by atoms with van der Waals surface area (Å²) in [5, 5.41) is 10.2. The molecular weight excluding hydrogens is 296 g/mol. The van der Waals surface area contributed by atoms with Crippen LogP contribution < -0.4 is 0 Å². The van der Waals surface area contributed by atoms with Gasteiger partial charge in [0.1, 0.15) is 0 Å². The average Bonchev–Trinajstić information content (AvgIpc) is 3.01. The van der Waals surface area contributed by atoms with Crippen LogP contribution in [0, 0.1) is 18.3 Å². The molecule has 2 heterocycles. The maximum atomic E-state index is 13.1. The van der Waals surface area contributed by atoms with E-state index >= 15 is 0 Å². The van der Waals surface area contributed by atoms with Gasteiger partial charge in [-0.1, -0.05) is 36.4 Å². The molecule has 0 bridgehead atoms. The molecule has 3 heteroatoms. The van der Waals surface area contributed by atoms with Crippen LogP contribution in [0.15, 0.2) is 66.9 Å². The molecule has 2 aromatic heterocycles. The zero-order valence-electron chi connectivity index (χ0n) is 13.2. The highest BCUT2D eigenvalue weighted by Crippen LogP contribution is 2.26. The van der Waals surface area contributed by atoms with Gasteiger partial charge in [-0.3, -0.25) is 4.79 Å². The number of ketones is 1. The highest BCUT2D eigenvalue weighted by Gasteiger charge is 2.16. The van der Waals surface area contributed by atoms with Crippen LogP contribution in [0.4, 0.5) is 0 Å². The average molecular weight is 310 g/mol. The Hall–Kier alpha value is -3.38. The van der Waals surface area contributed by atoms with E-state index in [2.05, 4.69) is 12.1 Å². The van der Waals surface area contributed by atoms with E-state index in [0.717, 1.165) is 22.0 Å². The molecule has 3 nitrogen and oxygen atoms in total. The van der Waals surface area contributed by atoms with Gasteiger partial charge in [0.05, 0.1) is 17.1 Å². The Bertz CT molecular complexity index is 1130. The number of hydrogen-bond acceptors (Lipinski definition) is 2. The Morgan fingerprint density at radius 2 is 1.83 bits per heavy atom. The number of benzene rings is 2. The predicted octanol–water partition coefficient (Wildman–Crippen LogP) is 4.50. The maximum absolute atomic E-state index is 13.1. The van der Waals surface area contributed by atoms with E-state index < -0.39 is 0 Å². The molecule has 0 aliphatic heterocycles. The third-order valence-electron chi connectivity index (χ3n) is 4.21. The lowest BCUT2D eigenvalue weighted by atomic mass is 9.98. The summed E-state index contributed by atoms with van der Waals surface area (Å²) in [6.45, 7) is 2.03. The Morgan fingerprint density at radius 3 is 2.58 bits per heavy atom. The minimum absolute atomic E-state index is 0.0726. The number of aromatic nitrogens is 1. The molecule has 0 amide bonds. The topological polar surface area (TPSA) is 45.3 Å². The van der Waals surface area contributed by atoms with Crippen molar-refractivity contribution in [2.24, 2.45) is 0 Å². The second kappa shape index (κ2) is 5.36. The van der Waals surface area contributed by atoms with Gasteiger partial charge in [-0.15, -0.1) is 0 Å². The van der Waals surface area contributed by atoms with Gasteiger partial charge in [0.2, 0.25) is 0 Å². The molecule has 4 rings (SSSR count). The fourth-order valence-electron chi connectivity index (χ4n) is 3.15. The Morgan fingerprint density at radius 1 is 1.04 bits per heavy atom. The highest BCUT2D eigenvalue weighted by molar-refractivity contribution is 6.16. The SMILES string of the molecule is Cc1cc2ccc3cc(C#N)cc(C(=O)c4ccccc4)c3n2c1. The molecule has 4 aromatic rings. The number of nitriles is 1. The summed E-state index contributed by atoms with van der Waals surface area (Å²) < 4.78 is 2.03. The van der Waals surface area contributed by atoms with Crippen LogP contribution in [0.5, 0.6) is 0 Å². The first-order valence-corrected chi connectivity index (χ1v) is 7.73. The van der Waals surface area contributed by atoms with Gasteiger partial charge >= 0.3 is 0 Å². The molecule has 0 radical (unpaired) electrons. The van der Waals surface area contributed by atoms with E-state index in [1.54, 1.807) is 18.2 Å². The number of pyridine rings is 1. The minimum Gasteiger partial charge on any atom is -0.316 e. The first kappa shape index (κ1) is 14.2. The number of aryl methyl sites for hydroxylation is 1. The van der Waals surface area contributed by atoms with Gasteiger partial charge in [0.25, 0.3) is 0 Å². The number of carbonyl (C=O) groups is 1. The predicted molar refractivity (Wildman–Crippen MR) is 94.2 cm³/mol. The Balaban J connectivity index is 2.10. The van der Waals surface area contributed by atoms with Crippen LogP contribution in [0.25, 0.3) is 16.4 Å². The van der Waals surface area contributed by atoms with Gasteiger partial charge in [0.15, 0.2) is 5.78 Å². The highest BCUT2D eigenvalue weighted by atomic mass is 16.1. The first-order valence-electron chi connectivity index (χ1n) is 7.73. The van der Waals surface area contributed by atoms with Crippen LogP contribution in [0.1, 0.15) is 27.0 Å². The zero-order chi connectivity index (χ0) is 16.7. The summed E-state index contributed by atoms with van der Waals surface area (Å²) in [5.74, 6) is -0.0726. The number of rotatable bonds is 2. The van der Waals surface area contributed by atoms with Crippen molar-refractivity contribution in [2.45, 2.75) is 6.92 Å². The largest absolute Gasteiger partial charge is 0.316 e. The molecule has 24 heavy (non-hydrogen) atoms. The summed E-state index contributed by atoms with van der Waals surface area (Å²) in [6.07, 6.45) is 2.02. The molecular formula is C21H14N2O. The standard InChI is InChI=1S/C21H14N2O/c1-14-9-18-8-7-17-10-15(12-22)11-19(20(17)23(18)13-14)21(24)16-5-3-2-4-6-16/h2-11,13H,1H3. The molecule has 0 unspecified atom stereocenters. The Kier molecular flexibility index (Phi) is 3.18. The van der Waals surface area contributed by atoms with E-state index in [0.29, 0.717) is 16.7 Å². The maximum Gasteiger partial charge on any atom is 0.195 e. The van der Waals surface area contributed by atoms with Crippen molar-refractivity contribution >= 4 is 22.2 Å². The van der Waals surface area contributed by atoms with Crippen molar-refractivity contribution in [3.05, 3.63) is 89.1 Å². The number of carbonyl (C=O) groups excluding carboxylic acids is 1. The second-order valence-electron chi connectivity index (χ2n) is 5.91. The van der Waals surface area contributed by atoms with Crippen LogP contribution >= 0.6 is 0 Å². The van der Waals surface area contributed by atoms with Crippen molar-refractivity contribution in [3.8, 4) is 6.07 Å². The van der Waals surface area contributed by atoms with E-state index in [4.69, 9.17) is 0 Å². The van der Waals surface area contributed by atoms with Gasteiger partial charge in [-0.25, -0.2) is 0 Å². The van der Waals surface area contributed by atoms with Crippen LogP contribution in [0.3, 0.4) is 0 Å². The van der Waals surface area contributed by atoms with E-state index in [-0.39, 0.29) is 5.78 Å². The lowest BCUT2D eigenvalue weighted by Gasteiger charge is -2.10. The molecule has 0 saturated carbocycles. The van der Waals surface area contributed by atoms with Crippen LogP contribution in [-0.2, 0) is 0 Å². The van der Waals surface area contributed by atoms with Crippen molar-refractivity contribution in [3.63, 3.8) is 0 Å². The summed E-state index contributed by atoms with van der Waals surface area (Å²) in [6, 6.07) is 20.9. The fraction of sp³-hybridized carbons (Fsp3) is 0.0476. The normalized spacial score (nSPS) is 10.8. The van der Waals surface area contributed by atoms with Crippen molar-refractivity contribution in [1.82, 2.24) is 4.40 Å². The fourth-order valence-corrected chi connectivity index (χ4v) is 3.15. The third-order valence-corrected chi connectivity index (χ3v) is 4.21. The van der Waals surface area contributed by atoms with Gasteiger partial charge in [0, 0.05) is 28.2 Å². The van der Waals surface area contributed by atoms with Crippen molar-refractivity contribution < 1.29 is 4.79 Å².